The monoisotopic (exact) mass is 283 g/mol. The highest BCUT2D eigenvalue weighted by Gasteiger charge is 2.37. The summed E-state index contributed by atoms with van der Waals surface area (Å²) in [4.78, 5) is 16.0. The Labute approximate surface area is 120 Å². The van der Waals surface area contributed by atoms with Crippen molar-refractivity contribution in [1.82, 2.24) is 10.6 Å². The molecule has 1 spiro atoms. The number of aliphatic imine (C=N–C) groups is 1. The van der Waals surface area contributed by atoms with E-state index in [1.807, 2.05) is 0 Å². The molecule has 2 rings (SSSR count). The zero-order chi connectivity index (χ0) is 13.7. The molecule has 2 N–H and O–H groups in total. The normalized spacial score (nSPS) is 23.8. The van der Waals surface area contributed by atoms with Crippen LogP contribution >= 0.6 is 11.8 Å². The Morgan fingerprint density at radius 3 is 2.84 bits per heavy atom. The van der Waals surface area contributed by atoms with Gasteiger partial charge in [-0.25, -0.2) is 0 Å². The van der Waals surface area contributed by atoms with Gasteiger partial charge in [0.25, 0.3) is 0 Å². The Morgan fingerprint density at radius 2 is 2.16 bits per heavy atom. The molecule has 0 aromatic rings. The fraction of sp³-hybridized carbons (Fsp3) is 0.857. The first kappa shape index (κ1) is 14.7. The van der Waals surface area contributed by atoms with Gasteiger partial charge in [0.05, 0.1) is 0 Å². The zero-order valence-electron chi connectivity index (χ0n) is 12.0. The van der Waals surface area contributed by atoms with Gasteiger partial charge in [0.1, 0.15) is 6.54 Å². The molecule has 1 aliphatic heterocycles. The quantitative estimate of drug-likeness (QED) is 0.831. The lowest BCUT2D eigenvalue weighted by Crippen LogP contribution is -2.45. The van der Waals surface area contributed by atoms with Crippen LogP contribution < -0.4 is 10.6 Å². The van der Waals surface area contributed by atoms with Crippen LogP contribution in [0.15, 0.2) is 4.99 Å². The van der Waals surface area contributed by atoms with Gasteiger partial charge in [0.2, 0.25) is 5.91 Å². The number of hydrogen-bond donors (Lipinski definition) is 2. The van der Waals surface area contributed by atoms with E-state index in [0.29, 0.717) is 5.92 Å². The molecule has 1 saturated heterocycles. The zero-order valence-corrected chi connectivity index (χ0v) is 12.8. The molecular formula is C14H25N3OS. The van der Waals surface area contributed by atoms with E-state index in [0.717, 1.165) is 17.5 Å². The number of nitrogens with zero attached hydrogens (tertiary/aromatic N) is 1. The summed E-state index contributed by atoms with van der Waals surface area (Å²) < 4.78 is 0. The van der Waals surface area contributed by atoms with Gasteiger partial charge < -0.3 is 10.6 Å². The Kier molecular flexibility index (Phi) is 5.13. The topological polar surface area (TPSA) is 53.5 Å². The van der Waals surface area contributed by atoms with Crippen LogP contribution in [0.2, 0.25) is 0 Å². The number of thioether (sulfide) groups is 1. The fourth-order valence-electron chi connectivity index (χ4n) is 2.61. The number of rotatable bonds is 4. The first-order chi connectivity index (χ1) is 9.10. The van der Waals surface area contributed by atoms with Crippen molar-refractivity contribution >= 4 is 22.8 Å². The van der Waals surface area contributed by atoms with Crippen LogP contribution in [0.25, 0.3) is 0 Å². The van der Waals surface area contributed by atoms with Crippen molar-refractivity contribution in [2.24, 2.45) is 10.9 Å². The average molecular weight is 283 g/mol. The summed E-state index contributed by atoms with van der Waals surface area (Å²) in [6.07, 6.45) is 6.49. The molecule has 1 saturated carbocycles. The van der Waals surface area contributed by atoms with Crippen LogP contribution in [0.3, 0.4) is 0 Å². The van der Waals surface area contributed by atoms with Gasteiger partial charge in [-0.15, -0.1) is 0 Å². The largest absolute Gasteiger partial charge is 0.359 e. The first-order valence-electron chi connectivity index (χ1n) is 7.32. The summed E-state index contributed by atoms with van der Waals surface area (Å²) in [5.41, 5.74) is 0.274. The molecule has 108 valence electrons. The molecule has 0 atom stereocenters. The second-order valence-electron chi connectivity index (χ2n) is 6.07. The van der Waals surface area contributed by atoms with Crippen molar-refractivity contribution in [2.45, 2.75) is 51.5 Å². The van der Waals surface area contributed by atoms with Crippen LogP contribution in [0.1, 0.15) is 46.0 Å². The predicted molar refractivity (Wildman–Crippen MR) is 81.6 cm³/mol. The van der Waals surface area contributed by atoms with Gasteiger partial charge in [-0.3, -0.25) is 9.79 Å². The van der Waals surface area contributed by atoms with Crippen molar-refractivity contribution in [1.29, 1.82) is 0 Å². The molecule has 0 radical (unpaired) electrons. The molecule has 4 nitrogen and oxygen atoms in total. The van der Waals surface area contributed by atoms with Gasteiger partial charge in [-0.2, -0.15) is 0 Å². The summed E-state index contributed by atoms with van der Waals surface area (Å²) >= 11 is 1.77. The van der Waals surface area contributed by atoms with E-state index < -0.39 is 0 Å². The third-order valence-electron chi connectivity index (χ3n) is 3.74. The van der Waals surface area contributed by atoms with Gasteiger partial charge in [0, 0.05) is 17.8 Å². The molecule has 5 heteroatoms. The number of amidine groups is 1. The van der Waals surface area contributed by atoms with E-state index in [-0.39, 0.29) is 18.0 Å². The Bertz CT molecular complexity index is 349. The van der Waals surface area contributed by atoms with Crippen molar-refractivity contribution in [3.8, 4) is 0 Å². The minimum atomic E-state index is 0.0215. The predicted octanol–water partition coefficient (Wildman–Crippen LogP) is 2.15. The summed E-state index contributed by atoms with van der Waals surface area (Å²) in [7, 11) is 0. The second kappa shape index (κ2) is 6.64. The Balaban J connectivity index is 1.77. The second-order valence-corrected chi connectivity index (χ2v) is 7.04. The number of carbonyl (C=O) groups is 1. The fourth-order valence-corrected chi connectivity index (χ4v) is 3.82. The summed E-state index contributed by atoms with van der Waals surface area (Å²) in [6, 6.07) is 0. The van der Waals surface area contributed by atoms with Crippen molar-refractivity contribution in [3.63, 3.8) is 0 Å². The smallest absolute Gasteiger partial charge is 0.241 e. The highest BCUT2D eigenvalue weighted by atomic mass is 32.2. The molecule has 19 heavy (non-hydrogen) atoms. The minimum Gasteiger partial charge on any atom is -0.359 e. The Hall–Kier alpha value is -0.710. The van der Waals surface area contributed by atoms with Gasteiger partial charge in [-0.05, 0) is 18.8 Å². The number of hydrogen-bond acceptors (Lipinski definition) is 3. The molecule has 0 unspecified atom stereocenters. The van der Waals surface area contributed by atoms with Gasteiger partial charge in [0.15, 0.2) is 5.17 Å². The van der Waals surface area contributed by atoms with E-state index in [2.05, 4.69) is 29.5 Å². The molecule has 2 aliphatic rings. The number of nitrogens with one attached hydrogen (secondary N) is 2. The molecule has 1 amide bonds. The highest BCUT2D eigenvalue weighted by molar-refractivity contribution is 8.14. The third-order valence-corrected chi connectivity index (χ3v) is 4.94. The molecular weight excluding hydrogens is 258 g/mol. The van der Waals surface area contributed by atoms with E-state index in [1.54, 1.807) is 11.8 Å². The summed E-state index contributed by atoms with van der Waals surface area (Å²) in [6.45, 7) is 5.16. The third kappa shape index (κ3) is 4.41. The molecule has 1 heterocycles. The van der Waals surface area contributed by atoms with E-state index >= 15 is 0 Å². The van der Waals surface area contributed by atoms with E-state index in [1.165, 1.54) is 32.1 Å². The van der Waals surface area contributed by atoms with Crippen LogP contribution in [0.5, 0.6) is 0 Å². The SMILES string of the molecule is CC(C)CNC(=O)CN=C1NC2(CCCCC2)CS1. The molecule has 0 aromatic carbocycles. The maximum absolute atomic E-state index is 11.6. The first-order valence-corrected chi connectivity index (χ1v) is 8.30. The maximum Gasteiger partial charge on any atom is 0.241 e. The minimum absolute atomic E-state index is 0.0215. The lowest BCUT2D eigenvalue weighted by molar-refractivity contribution is -0.119. The van der Waals surface area contributed by atoms with Crippen molar-refractivity contribution < 1.29 is 4.79 Å². The van der Waals surface area contributed by atoms with Crippen LogP contribution in [0.4, 0.5) is 0 Å². The summed E-state index contributed by atoms with van der Waals surface area (Å²) in [5.74, 6) is 1.62. The molecule has 0 bridgehead atoms. The lowest BCUT2D eigenvalue weighted by Gasteiger charge is -2.32. The Morgan fingerprint density at radius 1 is 1.42 bits per heavy atom. The van der Waals surface area contributed by atoms with Crippen LogP contribution in [-0.4, -0.2) is 35.5 Å². The standard InChI is InChI=1S/C14H25N3OS/c1-11(2)8-15-12(18)9-16-13-17-14(10-19-13)6-4-3-5-7-14/h11H,3-10H2,1-2H3,(H,15,18)(H,16,17). The van der Waals surface area contributed by atoms with Crippen molar-refractivity contribution in [3.05, 3.63) is 0 Å². The van der Waals surface area contributed by atoms with Gasteiger partial charge in [-0.1, -0.05) is 44.9 Å². The van der Waals surface area contributed by atoms with Crippen LogP contribution in [-0.2, 0) is 4.79 Å². The van der Waals surface area contributed by atoms with E-state index in [9.17, 15) is 4.79 Å². The average Bonchev–Trinajstić information content (AvgIpc) is 2.78. The molecule has 1 aliphatic carbocycles. The summed E-state index contributed by atoms with van der Waals surface area (Å²) in [5, 5.41) is 7.41. The van der Waals surface area contributed by atoms with E-state index in [4.69, 9.17) is 0 Å². The number of carbonyl (C=O) groups excluding carboxylic acids is 1. The molecule has 0 aromatic heterocycles. The maximum atomic E-state index is 11.6. The molecule has 2 fully saturated rings. The van der Waals surface area contributed by atoms with Gasteiger partial charge >= 0.3 is 0 Å². The van der Waals surface area contributed by atoms with Crippen LogP contribution in [0, 0.1) is 5.92 Å². The lowest BCUT2D eigenvalue weighted by atomic mass is 9.83. The highest BCUT2D eigenvalue weighted by Crippen LogP contribution is 2.35. The number of amides is 1. The van der Waals surface area contributed by atoms with Crippen molar-refractivity contribution in [2.75, 3.05) is 18.8 Å².